The van der Waals surface area contributed by atoms with Crippen LogP contribution in [0.4, 0.5) is 0 Å². The number of unbranched alkanes of at least 4 members (excludes halogenated alkanes) is 1. The first-order valence-corrected chi connectivity index (χ1v) is 15.9. The van der Waals surface area contributed by atoms with Crippen molar-refractivity contribution in [1.29, 1.82) is 0 Å². The second-order valence-electron chi connectivity index (χ2n) is 8.34. The van der Waals surface area contributed by atoms with Gasteiger partial charge in [-0.15, -0.1) is 5.73 Å². The lowest BCUT2D eigenvalue weighted by Crippen LogP contribution is -2.51. The van der Waals surface area contributed by atoms with Crippen LogP contribution in [0.2, 0.25) is 32.7 Å². The summed E-state index contributed by atoms with van der Waals surface area (Å²) < 4.78 is 0. The molecule has 0 aliphatic carbocycles. The van der Waals surface area contributed by atoms with Crippen LogP contribution < -0.4 is 5.19 Å². The molecule has 0 unspecified atom stereocenters. The third kappa shape index (κ3) is 5.71. The Morgan fingerprint density at radius 3 is 1.96 bits per heavy atom. The first-order chi connectivity index (χ1) is 11.8. The fourth-order valence-electron chi connectivity index (χ4n) is 3.56. The highest BCUT2D eigenvalue weighted by molar-refractivity contribution is 7.10. The van der Waals surface area contributed by atoms with Crippen LogP contribution in [-0.4, -0.2) is 16.1 Å². The zero-order valence-electron chi connectivity index (χ0n) is 16.5. The van der Waals surface area contributed by atoms with Crippen LogP contribution in [0.1, 0.15) is 18.4 Å². The molecular formula is C23H32Si2. The van der Waals surface area contributed by atoms with Crippen LogP contribution in [-0.2, 0) is 6.42 Å². The van der Waals surface area contributed by atoms with Crippen molar-refractivity contribution in [3.63, 3.8) is 0 Å². The van der Waals surface area contributed by atoms with Gasteiger partial charge in [0.2, 0.25) is 0 Å². The maximum atomic E-state index is 3.80. The van der Waals surface area contributed by atoms with Gasteiger partial charge in [0, 0.05) is 0 Å². The van der Waals surface area contributed by atoms with Crippen molar-refractivity contribution in [2.45, 2.75) is 52.0 Å². The van der Waals surface area contributed by atoms with Crippen LogP contribution in [0.15, 0.2) is 77.3 Å². The molecule has 2 rings (SSSR count). The topological polar surface area (TPSA) is 0 Å². The molecule has 0 aliphatic rings. The molecule has 0 nitrogen and oxygen atoms in total. The fraction of sp³-hybridized carbons (Fsp3) is 0.348. The highest BCUT2D eigenvalue weighted by Gasteiger charge is 2.36. The minimum atomic E-state index is -1.63. The maximum Gasteiger partial charge on any atom is 0.112 e. The van der Waals surface area contributed by atoms with Crippen molar-refractivity contribution in [3.8, 4) is 0 Å². The minimum Gasteiger partial charge on any atom is -0.134 e. The van der Waals surface area contributed by atoms with Gasteiger partial charge in [-0.3, -0.25) is 0 Å². The summed E-state index contributed by atoms with van der Waals surface area (Å²) in [5.41, 5.74) is 5.23. The number of aryl methyl sites for hydroxylation is 1. The monoisotopic (exact) mass is 364 g/mol. The average Bonchev–Trinajstić information content (AvgIpc) is 2.58. The molecule has 0 saturated carbocycles. The Bertz CT molecular complexity index is 716. The Labute approximate surface area is 156 Å². The Hall–Kier alpha value is -1.61. The second kappa shape index (κ2) is 8.66. The molecule has 0 heterocycles. The van der Waals surface area contributed by atoms with E-state index in [1.807, 2.05) is 0 Å². The van der Waals surface area contributed by atoms with Crippen molar-refractivity contribution in [2.75, 3.05) is 0 Å². The first kappa shape index (κ1) is 19.7. The van der Waals surface area contributed by atoms with E-state index in [1.54, 1.807) is 4.82 Å². The zero-order chi connectivity index (χ0) is 18.3. The fourth-order valence-corrected chi connectivity index (χ4v) is 13.8. The summed E-state index contributed by atoms with van der Waals surface area (Å²) in [6.45, 7) is 12.4. The highest BCUT2D eigenvalue weighted by Crippen LogP contribution is 2.24. The largest absolute Gasteiger partial charge is 0.134 e. The lowest BCUT2D eigenvalue weighted by molar-refractivity contribution is 0.843. The van der Waals surface area contributed by atoms with Crippen LogP contribution in [0, 0.1) is 0 Å². The third-order valence-corrected chi connectivity index (χ3v) is 13.7. The summed E-state index contributed by atoms with van der Waals surface area (Å²) in [5.74, 6) is 0. The van der Waals surface area contributed by atoms with Gasteiger partial charge in [0.15, 0.2) is 0 Å². The van der Waals surface area contributed by atoms with E-state index in [9.17, 15) is 0 Å². The maximum absolute atomic E-state index is 3.80. The van der Waals surface area contributed by atoms with Crippen LogP contribution in [0.5, 0.6) is 0 Å². The first-order valence-electron chi connectivity index (χ1n) is 9.37. The molecule has 0 atom stereocenters. The molecule has 0 bridgehead atoms. The summed E-state index contributed by atoms with van der Waals surface area (Å²) >= 11 is 0. The standard InChI is InChI=1S/C23H32Si2/c1-24(2,3)23(25(4,5)22-18-12-8-13-19-22)20-14-7-11-17-21-15-9-6-10-16-21/h6,8-10,12-16,18-19H,7,11,17H2,1-5H3. The SMILES string of the molecule is C[Si](C)(C)C(=C=CCCCc1ccccc1)[Si](C)(C)c1ccccc1. The van der Waals surface area contributed by atoms with Crippen molar-refractivity contribution in [3.05, 3.63) is 82.9 Å². The van der Waals surface area contributed by atoms with Crippen LogP contribution >= 0.6 is 0 Å². The van der Waals surface area contributed by atoms with Gasteiger partial charge in [0.25, 0.3) is 0 Å². The normalized spacial score (nSPS) is 11.7. The van der Waals surface area contributed by atoms with Gasteiger partial charge < -0.3 is 0 Å². The van der Waals surface area contributed by atoms with Gasteiger partial charge in [0.1, 0.15) is 8.07 Å². The third-order valence-electron chi connectivity index (χ3n) is 4.77. The molecule has 0 aromatic heterocycles. The molecule has 0 aliphatic heterocycles. The van der Waals surface area contributed by atoms with E-state index in [4.69, 9.17) is 0 Å². The van der Waals surface area contributed by atoms with Gasteiger partial charge in [-0.25, -0.2) is 0 Å². The van der Waals surface area contributed by atoms with Gasteiger partial charge in [0.05, 0.1) is 8.07 Å². The van der Waals surface area contributed by atoms with Crippen molar-refractivity contribution in [1.82, 2.24) is 0 Å². The minimum absolute atomic E-state index is 1.11. The predicted molar refractivity (Wildman–Crippen MR) is 118 cm³/mol. The summed E-state index contributed by atoms with van der Waals surface area (Å²) in [7, 11) is -3.03. The summed E-state index contributed by atoms with van der Waals surface area (Å²) in [6, 6.07) is 21.9. The molecule has 0 radical (unpaired) electrons. The van der Waals surface area contributed by atoms with Crippen molar-refractivity contribution in [2.24, 2.45) is 0 Å². The van der Waals surface area contributed by atoms with E-state index >= 15 is 0 Å². The quantitative estimate of drug-likeness (QED) is 0.315. The molecule has 2 aromatic rings. The molecule has 0 saturated heterocycles. The molecule has 0 spiro atoms. The molecule has 0 fully saturated rings. The average molecular weight is 365 g/mol. The Balaban J connectivity index is 2.15. The van der Waals surface area contributed by atoms with E-state index < -0.39 is 16.1 Å². The van der Waals surface area contributed by atoms with Gasteiger partial charge in [-0.1, -0.05) is 98.6 Å². The van der Waals surface area contributed by atoms with Crippen molar-refractivity contribution < 1.29 is 0 Å². The van der Waals surface area contributed by atoms with Gasteiger partial charge in [-0.05, 0) is 35.7 Å². The Kier molecular flexibility index (Phi) is 6.83. The molecule has 2 heteroatoms. The number of hydrogen-bond donors (Lipinski definition) is 0. The Morgan fingerprint density at radius 1 is 0.840 bits per heavy atom. The lowest BCUT2D eigenvalue weighted by atomic mass is 10.1. The molecule has 25 heavy (non-hydrogen) atoms. The molecule has 0 amide bonds. The summed E-state index contributed by atoms with van der Waals surface area (Å²) in [4.78, 5) is 1.64. The predicted octanol–water partition coefficient (Wildman–Crippen LogP) is 6.12. The number of allylic oxidation sites excluding steroid dienone is 1. The number of benzene rings is 2. The second-order valence-corrected chi connectivity index (χ2v) is 18.2. The lowest BCUT2D eigenvalue weighted by Gasteiger charge is -2.33. The molecule has 2 aromatic carbocycles. The summed E-state index contributed by atoms with van der Waals surface area (Å²) in [6.07, 6.45) is 5.78. The van der Waals surface area contributed by atoms with Gasteiger partial charge >= 0.3 is 0 Å². The van der Waals surface area contributed by atoms with E-state index in [1.165, 1.54) is 17.2 Å². The van der Waals surface area contributed by atoms with E-state index in [-0.39, 0.29) is 0 Å². The molecule has 0 N–H and O–H groups in total. The summed E-state index contributed by atoms with van der Waals surface area (Å²) in [5, 5.41) is 1.53. The van der Waals surface area contributed by atoms with E-state index in [2.05, 4.69) is 105 Å². The number of hydrogen-bond acceptors (Lipinski definition) is 0. The van der Waals surface area contributed by atoms with E-state index in [0.29, 0.717) is 0 Å². The smallest absolute Gasteiger partial charge is 0.112 e. The van der Waals surface area contributed by atoms with Crippen LogP contribution in [0.25, 0.3) is 0 Å². The highest BCUT2D eigenvalue weighted by atomic mass is 28.4. The van der Waals surface area contributed by atoms with Crippen molar-refractivity contribution >= 4 is 21.3 Å². The molecule has 132 valence electrons. The number of rotatable bonds is 7. The Morgan fingerprint density at radius 2 is 1.40 bits per heavy atom. The zero-order valence-corrected chi connectivity index (χ0v) is 18.5. The molecular weight excluding hydrogens is 332 g/mol. The van der Waals surface area contributed by atoms with E-state index in [0.717, 1.165) is 12.8 Å². The van der Waals surface area contributed by atoms with Crippen LogP contribution in [0.3, 0.4) is 0 Å². The van der Waals surface area contributed by atoms with Gasteiger partial charge in [-0.2, -0.15) is 0 Å².